The van der Waals surface area contributed by atoms with Crippen LogP contribution in [0.15, 0.2) is 84.9 Å². The molecule has 1 saturated heterocycles. The van der Waals surface area contributed by atoms with Crippen LogP contribution in [0, 0.1) is 0 Å². The van der Waals surface area contributed by atoms with E-state index in [4.69, 9.17) is 4.74 Å². The van der Waals surface area contributed by atoms with Gasteiger partial charge in [-0.25, -0.2) is 0 Å². The van der Waals surface area contributed by atoms with Crippen molar-refractivity contribution in [3.63, 3.8) is 0 Å². The smallest absolute Gasteiger partial charge is 0.254 e. The van der Waals surface area contributed by atoms with Gasteiger partial charge in [0.05, 0.1) is 32.3 Å². The highest BCUT2D eigenvalue weighted by Crippen LogP contribution is 2.20. The Labute approximate surface area is 185 Å². The average molecular weight is 416 g/mol. The molecule has 0 bridgehead atoms. The number of quaternary nitrogens is 1. The summed E-state index contributed by atoms with van der Waals surface area (Å²) in [5.41, 5.74) is 3.34. The first kappa shape index (κ1) is 21.1. The highest BCUT2D eigenvalue weighted by atomic mass is 16.5. The molecule has 1 heterocycles. The summed E-state index contributed by atoms with van der Waals surface area (Å²) in [6, 6.07) is 29.2. The molecule has 160 valence electrons. The quantitative estimate of drug-likeness (QED) is 0.667. The van der Waals surface area contributed by atoms with Crippen LogP contribution in [0.25, 0.3) is 0 Å². The Morgan fingerprint density at radius 3 is 1.97 bits per heavy atom. The van der Waals surface area contributed by atoms with Gasteiger partial charge in [-0.05, 0) is 32.0 Å². The zero-order valence-electron chi connectivity index (χ0n) is 18.3. The molecular weight excluding hydrogens is 384 g/mol. The van der Waals surface area contributed by atoms with Crippen LogP contribution >= 0.6 is 0 Å². The maximum atomic E-state index is 13.1. The van der Waals surface area contributed by atoms with E-state index in [0.717, 1.165) is 31.9 Å². The molecule has 1 amide bonds. The van der Waals surface area contributed by atoms with Gasteiger partial charge in [-0.2, -0.15) is 0 Å². The molecule has 3 aromatic rings. The Morgan fingerprint density at radius 1 is 0.839 bits per heavy atom. The third-order valence-electron chi connectivity index (χ3n) is 5.82. The molecule has 0 aromatic heterocycles. The van der Waals surface area contributed by atoms with Gasteiger partial charge in [0.2, 0.25) is 0 Å². The lowest BCUT2D eigenvalue weighted by Crippen LogP contribution is -3.15. The summed E-state index contributed by atoms with van der Waals surface area (Å²) >= 11 is 0. The molecule has 0 saturated carbocycles. The summed E-state index contributed by atoms with van der Waals surface area (Å²) in [4.78, 5) is 16.6. The van der Waals surface area contributed by atoms with Gasteiger partial charge < -0.3 is 14.5 Å². The molecule has 3 aromatic carbocycles. The predicted octanol–water partition coefficient (Wildman–Crippen LogP) is 3.60. The van der Waals surface area contributed by atoms with E-state index in [1.807, 2.05) is 43.0 Å². The third-order valence-corrected chi connectivity index (χ3v) is 5.82. The summed E-state index contributed by atoms with van der Waals surface area (Å²) in [6.07, 6.45) is 0.0883. The van der Waals surface area contributed by atoms with Crippen molar-refractivity contribution in [2.75, 3.05) is 26.2 Å². The largest absolute Gasteiger partial charge is 0.491 e. The van der Waals surface area contributed by atoms with E-state index < -0.39 is 0 Å². The summed E-state index contributed by atoms with van der Waals surface area (Å²) in [5.74, 6) is 0.836. The molecule has 4 heteroatoms. The number of benzene rings is 3. The lowest BCUT2D eigenvalue weighted by molar-refractivity contribution is -0.929. The molecule has 4 rings (SSSR count). The molecule has 0 spiro atoms. The van der Waals surface area contributed by atoms with Gasteiger partial charge in [-0.1, -0.05) is 66.7 Å². The van der Waals surface area contributed by atoms with Crippen molar-refractivity contribution in [2.24, 2.45) is 0 Å². The van der Waals surface area contributed by atoms with E-state index in [0.29, 0.717) is 5.56 Å². The van der Waals surface area contributed by atoms with Crippen molar-refractivity contribution in [1.29, 1.82) is 0 Å². The lowest BCUT2D eigenvalue weighted by Gasteiger charge is -2.37. The van der Waals surface area contributed by atoms with E-state index in [-0.39, 0.29) is 18.1 Å². The maximum absolute atomic E-state index is 13.1. The molecule has 1 fully saturated rings. The summed E-state index contributed by atoms with van der Waals surface area (Å²) < 4.78 is 5.76. The van der Waals surface area contributed by atoms with Gasteiger partial charge in [0.25, 0.3) is 5.91 Å². The molecular formula is C27H31N2O2+. The van der Waals surface area contributed by atoms with Gasteiger partial charge in [0.15, 0.2) is 0 Å². The number of piperazine rings is 1. The average Bonchev–Trinajstić information content (AvgIpc) is 2.80. The maximum Gasteiger partial charge on any atom is 0.254 e. The van der Waals surface area contributed by atoms with E-state index in [1.165, 1.54) is 16.0 Å². The number of hydrogen-bond donors (Lipinski definition) is 1. The second-order valence-corrected chi connectivity index (χ2v) is 8.40. The van der Waals surface area contributed by atoms with Crippen molar-refractivity contribution in [1.82, 2.24) is 4.90 Å². The van der Waals surface area contributed by atoms with E-state index in [1.54, 1.807) is 0 Å². The Bertz CT molecular complexity index is 941. The SMILES string of the molecule is CC(C)Oc1cccc(C(=O)N2CC[NH+](C(c3ccccc3)c3ccccc3)CC2)c1. The van der Waals surface area contributed by atoms with Crippen molar-refractivity contribution in [3.8, 4) is 5.75 Å². The molecule has 0 atom stereocenters. The van der Waals surface area contributed by atoms with Gasteiger partial charge in [0.1, 0.15) is 11.8 Å². The first-order chi connectivity index (χ1) is 15.1. The summed E-state index contributed by atoms with van der Waals surface area (Å²) in [5, 5.41) is 0. The zero-order valence-corrected chi connectivity index (χ0v) is 18.3. The molecule has 1 N–H and O–H groups in total. The Hall–Kier alpha value is -3.11. The van der Waals surface area contributed by atoms with Crippen LogP contribution in [0.4, 0.5) is 0 Å². The number of ether oxygens (including phenoxy) is 1. The Kier molecular flexibility index (Phi) is 6.68. The number of rotatable bonds is 6. The predicted molar refractivity (Wildman–Crippen MR) is 124 cm³/mol. The fraction of sp³-hybridized carbons (Fsp3) is 0.296. The third kappa shape index (κ3) is 5.15. The van der Waals surface area contributed by atoms with Crippen molar-refractivity contribution >= 4 is 5.91 Å². The number of carbonyl (C=O) groups excluding carboxylic acids is 1. The molecule has 0 unspecified atom stereocenters. The van der Waals surface area contributed by atoms with E-state index >= 15 is 0 Å². The molecule has 4 nitrogen and oxygen atoms in total. The van der Waals surface area contributed by atoms with Crippen LogP contribution in [0.5, 0.6) is 5.75 Å². The van der Waals surface area contributed by atoms with Gasteiger partial charge in [-0.3, -0.25) is 4.79 Å². The molecule has 0 aliphatic carbocycles. The minimum absolute atomic E-state index is 0.0872. The molecule has 31 heavy (non-hydrogen) atoms. The topological polar surface area (TPSA) is 34.0 Å². The van der Waals surface area contributed by atoms with Crippen molar-refractivity contribution in [3.05, 3.63) is 102 Å². The molecule has 1 aliphatic heterocycles. The Morgan fingerprint density at radius 2 is 1.42 bits per heavy atom. The summed E-state index contributed by atoms with van der Waals surface area (Å²) in [6.45, 7) is 7.32. The van der Waals surface area contributed by atoms with Crippen LogP contribution in [0.2, 0.25) is 0 Å². The Balaban J connectivity index is 1.47. The van der Waals surface area contributed by atoms with Crippen LogP contribution in [0.3, 0.4) is 0 Å². The molecule has 1 aliphatic rings. The minimum Gasteiger partial charge on any atom is -0.491 e. The van der Waals surface area contributed by atoms with Gasteiger partial charge >= 0.3 is 0 Å². The monoisotopic (exact) mass is 415 g/mol. The highest BCUT2D eigenvalue weighted by molar-refractivity contribution is 5.94. The minimum atomic E-state index is 0.0872. The standard InChI is InChI=1S/C27H30N2O2/c1-21(2)31-25-15-9-14-24(20-25)27(30)29-18-16-28(17-19-29)26(22-10-5-3-6-11-22)23-12-7-4-8-13-23/h3-15,20-21,26H,16-19H2,1-2H3/p+1. The normalized spacial score (nSPS) is 14.8. The first-order valence-electron chi connectivity index (χ1n) is 11.1. The number of carbonyl (C=O) groups is 1. The number of nitrogens with one attached hydrogen (secondary N) is 1. The van der Waals surface area contributed by atoms with E-state index in [9.17, 15) is 4.79 Å². The van der Waals surface area contributed by atoms with Crippen LogP contribution < -0.4 is 9.64 Å². The van der Waals surface area contributed by atoms with Crippen LogP contribution in [-0.2, 0) is 0 Å². The fourth-order valence-corrected chi connectivity index (χ4v) is 4.40. The van der Waals surface area contributed by atoms with Gasteiger partial charge in [-0.15, -0.1) is 0 Å². The van der Waals surface area contributed by atoms with E-state index in [2.05, 4.69) is 60.7 Å². The van der Waals surface area contributed by atoms with Crippen LogP contribution in [-0.4, -0.2) is 43.1 Å². The van der Waals surface area contributed by atoms with Crippen molar-refractivity contribution in [2.45, 2.75) is 26.0 Å². The zero-order chi connectivity index (χ0) is 21.6. The second kappa shape index (κ2) is 9.80. The number of nitrogens with zero attached hydrogens (tertiary/aromatic N) is 1. The van der Waals surface area contributed by atoms with Gasteiger partial charge in [0, 0.05) is 16.7 Å². The number of hydrogen-bond acceptors (Lipinski definition) is 2. The van der Waals surface area contributed by atoms with Crippen molar-refractivity contribution < 1.29 is 14.4 Å². The number of amides is 1. The molecule has 0 radical (unpaired) electrons. The fourth-order valence-electron chi connectivity index (χ4n) is 4.40. The lowest BCUT2D eigenvalue weighted by atomic mass is 9.96. The summed E-state index contributed by atoms with van der Waals surface area (Å²) in [7, 11) is 0. The second-order valence-electron chi connectivity index (χ2n) is 8.40. The highest BCUT2D eigenvalue weighted by Gasteiger charge is 2.31. The first-order valence-corrected chi connectivity index (χ1v) is 11.1. The van der Waals surface area contributed by atoms with Crippen LogP contribution in [0.1, 0.15) is 41.4 Å².